The maximum atomic E-state index is 12.5. The maximum Gasteiger partial charge on any atom is 0.220 e. The topological polar surface area (TPSA) is 89.8 Å². The average Bonchev–Trinajstić information content (AvgIpc) is 3.20. The van der Waals surface area contributed by atoms with Crippen molar-refractivity contribution in [2.75, 3.05) is 6.61 Å². The molecule has 0 heterocycles. The van der Waals surface area contributed by atoms with Gasteiger partial charge in [0.1, 0.15) is 6.10 Å². The number of unbranched alkanes of at least 4 members (excludes halogenated alkanes) is 28. The molecule has 56 heavy (non-hydrogen) atoms. The number of hydrogen-bond donors (Lipinski definition) is 4. The van der Waals surface area contributed by atoms with Gasteiger partial charge in [-0.2, -0.15) is 0 Å². The van der Waals surface area contributed by atoms with E-state index in [0.717, 1.165) is 51.4 Å². The lowest BCUT2D eigenvalue weighted by Crippen LogP contribution is -2.50. The third-order valence-electron chi connectivity index (χ3n) is 11.1. The van der Waals surface area contributed by atoms with Gasteiger partial charge in [-0.25, -0.2) is 0 Å². The highest BCUT2D eigenvalue weighted by molar-refractivity contribution is 5.76. The quantitative estimate of drug-likeness (QED) is 0.0366. The summed E-state index contributed by atoms with van der Waals surface area (Å²) >= 11 is 0. The van der Waals surface area contributed by atoms with E-state index in [0.29, 0.717) is 12.8 Å². The van der Waals surface area contributed by atoms with E-state index in [1.165, 1.54) is 167 Å². The Balaban J connectivity index is 3.63. The molecule has 3 unspecified atom stereocenters. The molecule has 0 aromatic rings. The lowest BCUT2D eigenvalue weighted by Gasteiger charge is -2.26. The van der Waals surface area contributed by atoms with E-state index >= 15 is 0 Å². The SMILES string of the molecule is CCCCCCCC/C=C/CC/C=C/CCCC(O)C(O)C(CO)NC(=O)CCCCCCCCCCCCC/C=C\C/C=C\CCCCCCCCCCC. The van der Waals surface area contributed by atoms with Crippen molar-refractivity contribution >= 4 is 5.91 Å². The smallest absolute Gasteiger partial charge is 0.220 e. The van der Waals surface area contributed by atoms with Gasteiger partial charge in [0, 0.05) is 6.42 Å². The molecule has 4 N–H and O–H groups in total. The second-order valence-electron chi connectivity index (χ2n) is 16.6. The van der Waals surface area contributed by atoms with Crippen molar-refractivity contribution in [3.8, 4) is 0 Å². The molecule has 5 heteroatoms. The molecular weight excluding hydrogens is 691 g/mol. The van der Waals surface area contributed by atoms with Crippen molar-refractivity contribution in [3.63, 3.8) is 0 Å². The van der Waals surface area contributed by atoms with E-state index in [4.69, 9.17) is 0 Å². The lowest BCUT2D eigenvalue weighted by molar-refractivity contribution is -0.124. The van der Waals surface area contributed by atoms with Crippen LogP contribution >= 0.6 is 0 Å². The largest absolute Gasteiger partial charge is 0.394 e. The fraction of sp³-hybridized carbons (Fsp3) is 0.824. The molecule has 0 saturated heterocycles. The molecule has 0 aliphatic heterocycles. The summed E-state index contributed by atoms with van der Waals surface area (Å²) in [6.45, 7) is 4.16. The number of aliphatic hydroxyl groups excluding tert-OH is 3. The van der Waals surface area contributed by atoms with Gasteiger partial charge in [-0.1, -0.05) is 204 Å². The Bertz CT molecular complexity index is 912. The summed E-state index contributed by atoms with van der Waals surface area (Å²) in [5.41, 5.74) is 0. The summed E-state index contributed by atoms with van der Waals surface area (Å²) in [6.07, 6.45) is 59.5. The summed E-state index contributed by atoms with van der Waals surface area (Å²) in [7, 11) is 0. The van der Waals surface area contributed by atoms with Crippen molar-refractivity contribution in [1.82, 2.24) is 5.32 Å². The van der Waals surface area contributed by atoms with E-state index in [9.17, 15) is 20.1 Å². The maximum absolute atomic E-state index is 12.5. The minimum atomic E-state index is -1.17. The van der Waals surface area contributed by atoms with Crippen molar-refractivity contribution in [2.45, 2.75) is 263 Å². The van der Waals surface area contributed by atoms with E-state index in [1.807, 2.05) is 0 Å². The number of amides is 1. The molecule has 0 bridgehead atoms. The number of rotatable bonds is 44. The van der Waals surface area contributed by atoms with Crippen LogP contribution in [-0.4, -0.2) is 46.1 Å². The zero-order valence-electron chi connectivity index (χ0n) is 37.3. The summed E-state index contributed by atoms with van der Waals surface area (Å²) in [5.74, 6) is -0.161. The van der Waals surface area contributed by atoms with Crippen LogP contribution in [0.1, 0.15) is 245 Å². The second-order valence-corrected chi connectivity index (χ2v) is 16.6. The van der Waals surface area contributed by atoms with Crippen LogP contribution in [0.15, 0.2) is 48.6 Å². The van der Waals surface area contributed by atoms with Crippen LogP contribution in [0.2, 0.25) is 0 Å². The van der Waals surface area contributed by atoms with Gasteiger partial charge in [0.2, 0.25) is 5.91 Å². The normalized spacial score (nSPS) is 13.9. The first-order valence-electron chi connectivity index (χ1n) is 24.4. The fourth-order valence-corrected chi connectivity index (χ4v) is 7.33. The molecule has 0 aliphatic carbocycles. The molecule has 328 valence electrons. The Morgan fingerprint density at radius 3 is 1.20 bits per heavy atom. The highest BCUT2D eigenvalue weighted by atomic mass is 16.3. The van der Waals surface area contributed by atoms with Crippen LogP contribution in [0, 0.1) is 0 Å². The van der Waals surface area contributed by atoms with E-state index in [2.05, 4.69) is 67.8 Å². The zero-order chi connectivity index (χ0) is 40.8. The van der Waals surface area contributed by atoms with Crippen LogP contribution in [0.5, 0.6) is 0 Å². The Morgan fingerprint density at radius 1 is 0.446 bits per heavy atom. The molecule has 0 radical (unpaired) electrons. The predicted octanol–water partition coefficient (Wildman–Crippen LogP) is 14.5. The molecule has 0 aromatic heterocycles. The Labute approximate surface area is 348 Å². The first-order chi connectivity index (χ1) is 27.6. The monoisotopic (exact) mass is 786 g/mol. The van der Waals surface area contributed by atoms with Crippen LogP contribution in [-0.2, 0) is 4.79 Å². The van der Waals surface area contributed by atoms with Gasteiger partial charge in [0.15, 0.2) is 0 Å². The summed E-state index contributed by atoms with van der Waals surface area (Å²) in [6, 6.07) is -0.834. The van der Waals surface area contributed by atoms with Gasteiger partial charge >= 0.3 is 0 Å². The number of hydrogen-bond acceptors (Lipinski definition) is 4. The molecule has 0 fully saturated rings. The molecule has 1 amide bonds. The Hall–Kier alpha value is -1.69. The predicted molar refractivity (Wildman–Crippen MR) is 245 cm³/mol. The van der Waals surface area contributed by atoms with Crippen LogP contribution in [0.4, 0.5) is 0 Å². The van der Waals surface area contributed by atoms with Crippen LogP contribution in [0.3, 0.4) is 0 Å². The summed E-state index contributed by atoms with van der Waals surface area (Å²) < 4.78 is 0. The number of nitrogens with one attached hydrogen (secondary N) is 1. The molecule has 5 nitrogen and oxygen atoms in total. The number of carbonyl (C=O) groups is 1. The van der Waals surface area contributed by atoms with Crippen molar-refractivity contribution in [2.24, 2.45) is 0 Å². The van der Waals surface area contributed by atoms with Crippen molar-refractivity contribution < 1.29 is 20.1 Å². The lowest BCUT2D eigenvalue weighted by atomic mass is 10.0. The van der Waals surface area contributed by atoms with Crippen molar-refractivity contribution in [1.29, 1.82) is 0 Å². The molecular formula is C51H95NO4. The molecule has 0 saturated carbocycles. The minimum Gasteiger partial charge on any atom is -0.394 e. The highest BCUT2D eigenvalue weighted by Gasteiger charge is 2.26. The Kier molecular flexibility index (Phi) is 44.6. The van der Waals surface area contributed by atoms with E-state index in [-0.39, 0.29) is 12.5 Å². The van der Waals surface area contributed by atoms with Gasteiger partial charge in [0.25, 0.3) is 0 Å². The standard InChI is InChI=1S/C51H95NO4/c1-3-5-7-9-11-13-15-17-19-20-21-22-23-24-25-26-27-28-29-30-32-34-36-38-40-42-44-46-50(55)52-48(47-53)51(56)49(54)45-43-41-39-37-35-33-31-18-16-14-12-10-8-6-4-2/h18,21-22,24-25,31,37,39,48-49,51,53-54,56H,3-17,19-20,23,26-30,32-36,38,40-47H2,1-2H3,(H,52,55)/b22-21-,25-24-,31-18+,39-37+. The molecule has 0 spiro atoms. The zero-order valence-corrected chi connectivity index (χ0v) is 37.3. The number of carbonyl (C=O) groups excluding carboxylic acids is 1. The van der Waals surface area contributed by atoms with Crippen LogP contribution in [0.25, 0.3) is 0 Å². The van der Waals surface area contributed by atoms with E-state index < -0.39 is 18.2 Å². The van der Waals surface area contributed by atoms with Crippen LogP contribution < -0.4 is 5.32 Å². The molecule has 0 aliphatic rings. The highest BCUT2D eigenvalue weighted by Crippen LogP contribution is 2.15. The van der Waals surface area contributed by atoms with Gasteiger partial charge in [0.05, 0.1) is 18.8 Å². The molecule has 0 rings (SSSR count). The molecule has 3 atom stereocenters. The van der Waals surface area contributed by atoms with Gasteiger partial charge in [-0.05, 0) is 83.5 Å². The van der Waals surface area contributed by atoms with Gasteiger partial charge < -0.3 is 20.6 Å². The van der Waals surface area contributed by atoms with Gasteiger partial charge in [-0.15, -0.1) is 0 Å². The molecule has 0 aromatic carbocycles. The third-order valence-corrected chi connectivity index (χ3v) is 11.1. The summed E-state index contributed by atoms with van der Waals surface area (Å²) in [4.78, 5) is 12.5. The Morgan fingerprint density at radius 2 is 0.786 bits per heavy atom. The fourth-order valence-electron chi connectivity index (χ4n) is 7.33. The number of allylic oxidation sites excluding steroid dienone is 8. The van der Waals surface area contributed by atoms with E-state index in [1.54, 1.807) is 0 Å². The van der Waals surface area contributed by atoms with Gasteiger partial charge in [-0.3, -0.25) is 4.79 Å². The summed E-state index contributed by atoms with van der Waals surface area (Å²) in [5, 5.41) is 33.5. The van der Waals surface area contributed by atoms with Crippen molar-refractivity contribution in [3.05, 3.63) is 48.6 Å². The second kappa shape index (κ2) is 46.0. The minimum absolute atomic E-state index is 0.161. The average molecular weight is 786 g/mol. The first-order valence-corrected chi connectivity index (χ1v) is 24.4. The number of aliphatic hydroxyl groups is 3. The third kappa shape index (κ3) is 40.5. The first kappa shape index (κ1) is 54.3.